The van der Waals surface area contributed by atoms with Gasteiger partial charge in [0, 0.05) is 18.3 Å². The largest absolute Gasteiger partial charge is 0.477 e. The number of carboxylic acid groups (broad SMARTS) is 1. The molecule has 0 atom stereocenters. The molecule has 0 unspecified atom stereocenters. The first-order valence-corrected chi connectivity index (χ1v) is 9.87. The molecule has 0 aliphatic carbocycles. The summed E-state index contributed by atoms with van der Waals surface area (Å²) in [5.74, 6) is -2.53. The maximum absolute atomic E-state index is 12.3. The zero-order valence-corrected chi connectivity index (χ0v) is 15.8. The highest BCUT2D eigenvalue weighted by atomic mass is 32.2. The Labute approximate surface area is 161 Å². The second-order valence-corrected chi connectivity index (χ2v) is 7.49. The molecule has 0 aliphatic heterocycles. The Balaban J connectivity index is 2.08. The van der Waals surface area contributed by atoms with E-state index < -0.39 is 21.9 Å². The molecule has 3 N–H and O–H groups in total. The van der Waals surface area contributed by atoms with E-state index in [0.29, 0.717) is 12.1 Å². The maximum Gasteiger partial charge on any atom is 0.354 e. The fourth-order valence-electron chi connectivity index (χ4n) is 2.16. The standard InChI is InChI=1S/C18H19N3O6S/c1-2-3-10-19-16(22)12-4-7-14(8-5-12)28(26,27)21-17(23)13-6-9-15(18(24)25)20-11-13/h4-9,11H,2-3,10H2,1H3,(H,19,22)(H,21,23)(H,24,25). The molecule has 0 aliphatic rings. The average Bonchev–Trinajstić information content (AvgIpc) is 2.68. The molecular weight excluding hydrogens is 386 g/mol. The van der Waals surface area contributed by atoms with Crippen molar-refractivity contribution in [2.24, 2.45) is 0 Å². The maximum atomic E-state index is 12.3. The number of carboxylic acids is 1. The number of rotatable bonds is 8. The van der Waals surface area contributed by atoms with Crippen molar-refractivity contribution in [1.29, 1.82) is 0 Å². The Morgan fingerprint density at radius 2 is 1.64 bits per heavy atom. The Kier molecular flexibility index (Phi) is 6.83. The molecule has 1 aromatic heterocycles. The first-order valence-electron chi connectivity index (χ1n) is 8.39. The molecule has 1 aromatic carbocycles. The van der Waals surface area contributed by atoms with Crippen molar-refractivity contribution >= 4 is 27.8 Å². The number of pyridine rings is 1. The second kappa shape index (κ2) is 9.09. The quantitative estimate of drug-likeness (QED) is 0.564. The van der Waals surface area contributed by atoms with Crippen molar-refractivity contribution in [2.45, 2.75) is 24.7 Å². The molecule has 2 rings (SSSR count). The molecule has 28 heavy (non-hydrogen) atoms. The minimum absolute atomic E-state index is 0.111. The summed E-state index contributed by atoms with van der Waals surface area (Å²) in [6.45, 7) is 2.52. The number of aromatic carboxylic acids is 1. The van der Waals surface area contributed by atoms with Crippen molar-refractivity contribution in [3.63, 3.8) is 0 Å². The van der Waals surface area contributed by atoms with Crippen molar-refractivity contribution < 1.29 is 27.9 Å². The molecular formula is C18H19N3O6S. The highest BCUT2D eigenvalue weighted by molar-refractivity contribution is 7.90. The summed E-state index contributed by atoms with van der Waals surface area (Å²) in [6, 6.07) is 7.39. The van der Waals surface area contributed by atoms with Gasteiger partial charge in [-0.25, -0.2) is 22.9 Å². The van der Waals surface area contributed by atoms with Gasteiger partial charge in [0.15, 0.2) is 0 Å². The van der Waals surface area contributed by atoms with Crippen molar-refractivity contribution in [1.82, 2.24) is 15.0 Å². The highest BCUT2D eigenvalue weighted by Gasteiger charge is 2.20. The SMILES string of the molecule is CCCCNC(=O)c1ccc(S(=O)(=O)NC(=O)c2ccc(C(=O)O)nc2)cc1. The monoisotopic (exact) mass is 405 g/mol. The van der Waals surface area contributed by atoms with E-state index in [-0.39, 0.29) is 22.1 Å². The van der Waals surface area contributed by atoms with Crippen LogP contribution in [0.5, 0.6) is 0 Å². The van der Waals surface area contributed by atoms with E-state index in [0.717, 1.165) is 31.2 Å². The van der Waals surface area contributed by atoms with Gasteiger partial charge in [0.2, 0.25) is 0 Å². The molecule has 0 fully saturated rings. The summed E-state index contributed by atoms with van der Waals surface area (Å²) >= 11 is 0. The first kappa shape index (κ1) is 21.0. The topological polar surface area (TPSA) is 143 Å². The first-order chi connectivity index (χ1) is 13.2. The molecule has 0 radical (unpaired) electrons. The summed E-state index contributed by atoms with van der Waals surface area (Å²) < 4.78 is 26.5. The molecule has 2 amide bonds. The number of amides is 2. The van der Waals surface area contributed by atoms with E-state index in [9.17, 15) is 22.8 Å². The second-order valence-electron chi connectivity index (χ2n) is 5.81. The van der Waals surface area contributed by atoms with Crippen LogP contribution in [0.25, 0.3) is 0 Å². The number of nitrogens with one attached hydrogen (secondary N) is 2. The summed E-state index contributed by atoms with van der Waals surface area (Å²) in [5.41, 5.74) is -0.0810. The normalized spacial score (nSPS) is 10.9. The van der Waals surface area contributed by atoms with Crippen LogP contribution in [-0.2, 0) is 10.0 Å². The van der Waals surface area contributed by atoms with E-state index in [1.54, 1.807) is 0 Å². The van der Waals surface area contributed by atoms with E-state index >= 15 is 0 Å². The van der Waals surface area contributed by atoms with Crippen molar-refractivity contribution in [3.05, 3.63) is 59.4 Å². The minimum atomic E-state index is -4.17. The molecule has 1 heterocycles. The lowest BCUT2D eigenvalue weighted by atomic mass is 10.2. The Morgan fingerprint density at radius 3 is 2.18 bits per heavy atom. The van der Waals surface area contributed by atoms with Crippen LogP contribution in [0.1, 0.15) is 51.0 Å². The molecule has 0 saturated heterocycles. The lowest BCUT2D eigenvalue weighted by molar-refractivity contribution is 0.0689. The van der Waals surface area contributed by atoms with Crippen LogP contribution >= 0.6 is 0 Å². The number of nitrogens with zero attached hydrogens (tertiary/aromatic N) is 1. The number of hydrogen-bond donors (Lipinski definition) is 3. The van der Waals surface area contributed by atoms with Crippen molar-refractivity contribution in [2.75, 3.05) is 6.54 Å². The van der Waals surface area contributed by atoms with E-state index in [1.807, 2.05) is 11.6 Å². The summed E-state index contributed by atoms with van der Waals surface area (Å²) in [6.07, 6.45) is 2.75. The highest BCUT2D eigenvalue weighted by Crippen LogP contribution is 2.12. The Bertz CT molecular complexity index is 969. The van der Waals surface area contributed by atoms with Crippen LogP contribution in [0.4, 0.5) is 0 Å². The van der Waals surface area contributed by atoms with Crippen molar-refractivity contribution in [3.8, 4) is 0 Å². The smallest absolute Gasteiger partial charge is 0.354 e. The Morgan fingerprint density at radius 1 is 1.00 bits per heavy atom. The van der Waals surface area contributed by atoms with Crippen LogP contribution in [-0.4, -0.2) is 42.8 Å². The molecule has 148 valence electrons. The van der Waals surface area contributed by atoms with Gasteiger partial charge in [-0.05, 0) is 42.8 Å². The molecule has 0 bridgehead atoms. The molecule has 0 spiro atoms. The molecule has 10 heteroatoms. The van der Waals surface area contributed by atoms with Gasteiger partial charge in [-0.2, -0.15) is 0 Å². The predicted octanol–water partition coefficient (Wildman–Crippen LogP) is 1.43. The summed E-state index contributed by atoms with van der Waals surface area (Å²) in [5, 5.41) is 11.5. The lowest BCUT2D eigenvalue weighted by Gasteiger charge is -2.08. The van der Waals surface area contributed by atoms with Gasteiger partial charge in [0.25, 0.3) is 21.8 Å². The Hall–Kier alpha value is -3.27. The van der Waals surface area contributed by atoms with Crippen LogP contribution in [0.3, 0.4) is 0 Å². The van der Waals surface area contributed by atoms with Gasteiger partial charge in [0.05, 0.1) is 10.5 Å². The van der Waals surface area contributed by atoms with Gasteiger partial charge in [0.1, 0.15) is 5.69 Å². The van der Waals surface area contributed by atoms with Crippen LogP contribution in [0, 0.1) is 0 Å². The molecule has 9 nitrogen and oxygen atoms in total. The van der Waals surface area contributed by atoms with E-state index in [4.69, 9.17) is 5.11 Å². The number of sulfonamides is 1. The number of aromatic nitrogens is 1. The number of benzene rings is 1. The van der Waals surface area contributed by atoms with Gasteiger partial charge in [-0.15, -0.1) is 0 Å². The third kappa shape index (κ3) is 5.36. The lowest BCUT2D eigenvalue weighted by Crippen LogP contribution is -2.31. The zero-order valence-electron chi connectivity index (χ0n) is 15.0. The summed E-state index contributed by atoms with van der Waals surface area (Å²) in [4.78, 5) is 38.2. The predicted molar refractivity (Wildman–Crippen MR) is 99.5 cm³/mol. The van der Waals surface area contributed by atoms with E-state index in [2.05, 4.69) is 10.3 Å². The number of carbonyl (C=O) groups is 3. The van der Waals surface area contributed by atoms with Gasteiger partial charge < -0.3 is 10.4 Å². The van der Waals surface area contributed by atoms with Crippen LogP contribution < -0.4 is 10.0 Å². The van der Waals surface area contributed by atoms with Gasteiger partial charge in [-0.3, -0.25) is 9.59 Å². The summed E-state index contributed by atoms with van der Waals surface area (Å²) in [7, 11) is -4.17. The van der Waals surface area contributed by atoms with Gasteiger partial charge >= 0.3 is 5.97 Å². The fraction of sp³-hybridized carbons (Fsp3) is 0.222. The number of unbranched alkanes of at least 4 members (excludes halogenated alkanes) is 1. The van der Waals surface area contributed by atoms with Gasteiger partial charge in [-0.1, -0.05) is 13.3 Å². The minimum Gasteiger partial charge on any atom is -0.477 e. The van der Waals surface area contributed by atoms with E-state index in [1.165, 1.54) is 24.3 Å². The average molecular weight is 405 g/mol. The van der Waals surface area contributed by atoms with Crippen LogP contribution in [0.15, 0.2) is 47.5 Å². The molecule has 2 aromatic rings. The zero-order chi connectivity index (χ0) is 20.7. The number of hydrogen-bond acceptors (Lipinski definition) is 6. The third-order valence-corrected chi connectivity index (χ3v) is 5.06. The third-order valence-electron chi connectivity index (χ3n) is 3.71. The molecule has 0 saturated carbocycles. The fourth-order valence-corrected chi connectivity index (χ4v) is 3.13. The number of carbonyl (C=O) groups excluding carboxylic acids is 2. The van der Waals surface area contributed by atoms with Crippen LogP contribution in [0.2, 0.25) is 0 Å².